The summed E-state index contributed by atoms with van der Waals surface area (Å²) in [4.78, 5) is 11.4. The molecule has 0 amide bonds. The molecule has 1 rings (SSSR count). The van der Waals surface area contributed by atoms with E-state index in [1.54, 1.807) is 0 Å². The lowest BCUT2D eigenvalue weighted by atomic mass is 9.97. The monoisotopic (exact) mass is 234 g/mol. The molecule has 0 heterocycles. The molecule has 1 saturated carbocycles. The van der Waals surface area contributed by atoms with E-state index in [1.165, 1.54) is 12.8 Å². The number of hydrogen-bond acceptors (Lipinski definition) is 2. The summed E-state index contributed by atoms with van der Waals surface area (Å²) >= 11 is 3.54. The van der Waals surface area contributed by atoms with E-state index in [1.807, 2.05) is 6.92 Å². The number of rotatable bonds is 2. The van der Waals surface area contributed by atoms with Gasteiger partial charge in [-0.15, -0.1) is 0 Å². The highest BCUT2D eigenvalue weighted by atomic mass is 79.9. The minimum Gasteiger partial charge on any atom is -0.461 e. The smallest absolute Gasteiger partial charge is 0.305 e. The number of esters is 1. The summed E-state index contributed by atoms with van der Waals surface area (Å²) in [6.07, 6.45) is 5.17. The first-order valence-corrected chi connectivity index (χ1v) is 5.49. The highest BCUT2D eigenvalue weighted by molar-refractivity contribution is 9.09. The summed E-state index contributed by atoms with van der Waals surface area (Å²) in [5, 5.41) is 0. The minimum absolute atomic E-state index is 0.0775. The van der Waals surface area contributed by atoms with Crippen LogP contribution in [0.2, 0.25) is 0 Å². The Morgan fingerprint density at radius 1 is 1.50 bits per heavy atom. The zero-order chi connectivity index (χ0) is 8.97. The lowest BCUT2D eigenvalue weighted by Gasteiger charge is -2.26. The summed E-state index contributed by atoms with van der Waals surface area (Å²) < 4.78 is 5.27. The molecular formula is C9H15BrO2. The first-order valence-electron chi connectivity index (χ1n) is 4.57. The summed E-state index contributed by atoms with van der Waals surface area (Å²) in [5.41, 5.74) is 0. The van der Waals surface area contributed by atoms with Crippen molar-refractivity contribution in [2.45, 2.75) is 50.0 Å². The van der Waals surface area contributed by atoms with Gasteiger partial charge in [-0.25, -0.2) is 0 Å². The van der Waals surface area contributed by atoms with E-state index >= 15 is 0 Å². The fraction of sp³-hybridized carbons (Fsp3) is 0.889. The van der Waals surface area contributed by atoms with E-state index in [9.17, 15) is 4.79 Å². The van der Waals surface area contributed by atoms with Crippen LogP contribution in [0.3, 0.4) is 0 Å². The number of alkyl halides is 1. The van der Waals surface area contributed by atoms with Crippen LogP contribution in [0.1, 0.15) is 39.0 Å². The second kappa shape index (κ2) is 4.85. The van der Waals surface area contributed by atoms with Gasteiger partial charge < -0.3 is 4.74 Å². The Morgan fingerprint density at radius 3 is 2.75 bits per heavy atom. The number of carbonyl (C=O) groups is 1. The second-order valence-electron chi connectivity index (χ2n) is 3.18. The minimum atomic E-state index is -0.0775. The van der Waals surface area contributed by atoms with Crippen molar-refractivity contribution in [2.75, 3.05) is 0 Å². The maximum absolute atomic E-state index is 11.0. The van der Waals surface area contributed by atoms with Crippen molar-refractivity contribution in [3.05, 3.63) is 0 Å². The molecule has 0 aromatic heterocycles. The van der Waals surface area contributed by atoms with E-state index in [2.05, 4.69) is 15.9 Å². The summed E-state index contributed by atoms with van der Waals surface area (Å²) in [5.74, 6) is -0.0775. The predicted octanol–water partition coefficient (Wildman–Crippen LogP) is 2.65. The molecule has 1 aliphatic rings. The molecule has 0 aliphatic heterocycles. The van der Waals surface area contributed by atoms with Crippen LogP contribution in [0.25, 0.3) is 0 Å². The number of halogens is 1. The topological polar surface area (TPSA) is 26.3 Å². The predicted molar refractivity (Wildman–Crippen MR) is 51.4 cm³/mol. The van der Waals surface area contributed by atoms with Gasteiger partial charge in [0.15, 0.2) is 0 Å². The van der Waals surface area contributed by atoms with Crippen LogP contribution in [0, 0.1) is 0 Å². The van der Waals surface area contributed by atoms with Crippen molar-refractivity contribution in [3.8, 4) is 0 Å². The van der Waals surface area contributed by atoms with Crippen LogP contribution in [0.5, 0.6) is 0 Å². The molecule has 0 aromatic rings. The van der Waals surface area contributed by atoms with Crippen LogP contribution >= 0.6 is 15.9 Å². The van der Waals surface area contributed by atoms with Gasteiger partial charge in [-0.1, -0.05) is 29.3 Å². The Labute approximate surface area is 81.8 Å². The lowest BCUT2D eigenvalue weighted by molar-refractivity contribution is -0.149. The first-order chi connectivity index (χ1) is 5.74. The molecule has 0 aromatic carbocycles. The van der Waals surface area contributed by atoms with E-state index < -0.39 is 0 Å². The molecular weight excluding hydrogens is 220 g/mol. The van der Waals surface area contributed by atoms with Gasteiger partial charge in [0.05, 0.1) is 4.83 Å². The number of hydrogen-bond donors (Lipinski definition) is 0. The normalized spacial score (nSPS) is 29.8. The average Bonchev–Trinajstić information content (AvgIpc) is 2.09. The molecule has 0 bridgehead atoms. The highest BCUT2D eigenvalue weighted by Crippen LogP contribution is 2.26. The molecule has 2 atom stereocenters. The molecule has 2 unspecified atom stereocenters. The van der Waals surface area contributed by atoms with Crippen LogP contribution in [0.15, 0.2) is 0 Å². The molecule has 70 valence electrons. The Balaban J connectivity index is 2.33. The standard InChI is InChI=1S/C9H15BrO2/c1-2-9(11)12-8-6-4-3-5-7(8)10/h7-8H,2-6H2,1H3. The molecule has 0 N–H and O–H groups in total. The van der Waals surface area contributed by atoms with Crippen LogP contribution in [0.4, 0.5) is 0 Å². The number of carbonyl (C=O) groups excluding carboxylic acids is 1. The van der Waals surface area contributed by atoms with E-state index in [0.29, 0.717) is 11.2 Å². The van der Waals surface area contributed by atoms with Crippen LogP contribution in [-0.2, 0) is 9.53 Å². The van der Waals surface area contributed by atoms with E-state index in [-0.39, 0.29) is 12.1 Å². The Bertz CT molecular complexity index is 159. The second-order valence-corrected chi connectivity index (χ2v) is 4.36. The third-order valence-electron chi connectivity index (χ3n) is 2.19. The molecule has 0 saturated heterocycles. The van der Waals surface area contributed by atoms with Gasteiger partial charge in [0.1, 0.15) is 6.10 Å². The van der Waals surface area contributed by atoms with Crippen molar-refractivity contribution < 1.29 is 9.53 Å². The molecule has 12 heavy (non-hydrogen) atoms. The van der Waals surface area contributed by atoms with Crippen molar-refractivity contribution >= 4 is 21.9 Å². The van der Waals surface area contributed by atoms with Crippen molar-refractivity contribution in [2.24, 2.45) is 0 Å². The summed E-state index contributed by atoms with van der Waals surface area (Å²) in [6.45, 7) is 1.83. The third kappa shape index (κ3) is 2.77. The fourth-order valence-electron chi connectivity index (χ4n) is 1.44. The molecule has 2 nitrogen and oxygen atoms in total. The summed E-state index contributed by atoms with van der Waals surface area (Å²) in [6, 6.07) is 0. The van der Waals surface area contributed by atoms with Crippen molar-refractivity contribution in [3.63, 3.8) is 0 Å². The molecule has 0 spiro atoms. The van der Waals surface area contributed by atoms with E-state index in [4.69, 9.17) is 4.74 Å². The molecule has 1 fully saturated rings. The third-order valence-corrected chi connectivity index (χ3v) is 3.24. The van der Waals surface area contributed by atoms with Crippen LogP contribution in [-0.4, -0.2) is 16.9 Å². The van der Waals surface area contributed by atoms with Crippen molar-refractivity contribution in [1.29, 1.82) is 0 Å². The van der Waals surface area contributed by atoms with Gasteiger partial charge in [0.2, 0.25) is 0 Å². The first kappa shape index (κ1) is 10.0. The maximum atomic E-state index is 11.0. The quantitative estimate of drug-likeness (QED) is 0.543. The van der Waals surface area contributed by atoms with Gasteiger partial charge in [-0.2, -0.15) is 0 Å². The van der Waals surface area contributed by atoms with E-state index in [0.717, 1.165) is 12.8 Å². The zero-order valence-electron chi connectivity index (χ0n) is 7.38. The maximum Gasteiger partial charge on any atom is 0.305 e. The Hall–Kier alpha value is -0.0500. The van der Waals surface area contributed by atoms with Gasteiger partial charge in [-0.05, 0) is 19.3 Å². The molecule has 3 heteroatoms. The zero-order valence-corrected chi connectivity index (χ0v) is 8.97. The summed E-state index contributed by atoms with van der Waals surface area (Å²) in [7, 11) is 0. The average molecular weight is 235 g/mol. The van der Waals surface area contributed by atoms with Gasteiger partial charge in [-0.3, -0.25) is 4.79 Å². The Morgan fingerprint density at radius 2 is 2.17 bits per heavy atom. The number of ether oxygens (including phenoxy) is 1. The Kier molecular flexibility index (Phi) is 4.06. The molecule has 1 aliphatic carbocycles. The fourth-order valence-corrected chi connectivity index (χ4v) is 2.13. The van der Waals surface area contributed by atoms with Gasteiger partial charge >= 0.3 is 5.97 Å². The highest BCUT2D eigenvalue weighted by Gasteiger charge is 2.25. The van der Waals surface area contributed by atoms with Crippen molar-refractivity contribution in [1.82, 2.24) is 0 Å². The van der Waals surface area contributed by atoms with Gasteiger partial charge in [0, 0.05) is 6.42 Å². The lowest BCUT2D eigenvalue weighted by Crippen LogP contribution is -2.30. The SMILES string of the molecule is CCC(=O)OC1CCCCC1Br. The van der Waals surface area contributed by atoms with Crippen LogP contribution < -0.4 is 0 Å². The molecule has 0 radical (unpaired) electrons. The largest absolute Gasteiger partial charge is 0.461 e. The van der Waals surface area contributed by atoms with Gasteiger partial charge in [0.25, 0.3) is 0 Å².